The van der Waals surface area contributed by atoms with Gasteiger partial charge in [0.1, 0.15) is 0 Å². The topological polar surface area (TPSA) is 55.1 Å². The summed E-state index contributed by atoms with van der Waals surface area (Å²) in [5.41, 5.74) is 6.39. The minimum Gasteiger partial charge on any atom is -0.354 e. The maximum atomic E-state index is 12.0. The van der Waals surface area contributed by atoms with Crippen LogP contribution >= 0.6 is 23.2 Å². The lowest BCUT2D eigenvalue weighted by Gasteiger charge is -2.22. The number of amides is 1. The molecule has 0 saturated heterocycles. The van der Waals surface area contributed by atoms with Crippen molar-refractivity contribution in [2.75, 3.05) is 6.54 Å². The zero-order valence-electron chi connectivity index (χ0n) is 10.7. The quantitative estimate of drug-likeness (QED) is 0.898. The minimum absolute atomic E-state index is 0.0462. The number of carbonyl (C=O) groups is 1. The van der Waals surface area contributed by atoms with E-state index in [0.29, 0.717) is 23.0 Å². The van der Waals surface area contributed by atoms with E-state index >= 15 is 0 Å². The normalized spacial score (nSPS) is 17.4. The molecule has 2 rings (SSSR count). The number of halogens is 2. The lowest BCUT2D eigenvalue weighted by atomic mass is 9.98. The van der Waals surface area contributed by atoms with E-state index in [1.165, 1.54) is 0 Å². The SMILES string of the molecule is NC1(C(=O)NCCc2ccc(Cl)cc2Cl)CCCC1. The minimum atomic E-state index is -0.663. The number of nitrogens with one attached hydrogen (secondary N) is 1. The van der Waals surface area contributed by atoms with Gasteiger partial charge in [0.05, 0.1) is 5.54 Å². The number of nitrogens with two attached hydrogens (primary N) is 1. The molecule has 5 heteroatoms. The number of hydrogen-bond acceptors (Lipinski definition) is 2. The van der Waals surface area contributed by atoms with Gasteiger partial charge in [-0.1, -0.05) is 42.1 Å². The second-order valence-electron chi connectivity index (χ2n) is 5.10. The lowest BCUT2D eigenvalue weighted by Crippen LogP contribution is -2.52. The van der Waals surface area contributed by atoms with Crippen LogP contribution in [0.5, 0.6) is 0 Å². The Morgan fingerprint density at radius 1 is 1.32 bits per heavy atom. The molecule has 1 aromatic rings. The van der Waals surface area contributed by atoms with Crippen molar-refractivity contribution in [2.24, 2.45) is 5.73 Å². The fourth-order valence-electron chi connectivity index (χ4n) is 2.44. The number of carbonyl (C=O) groups excluding carboxylic acids is 1. The smallest absolute Gasteiger partial charge is 0.240 e. The molecule has 0 radical (unpaired) electrons. The van der Waals surface area contributed by atoms with Gasteiger partial charge in [-0.3, -0.25) is 4.79 Å². The van der Waals surface area contributed by atoms with Crippen LogP contribution in [0.3, 0.4) is 0 Å². The molecule has 19 heavy (non-hydrogen) atoms. The highest BCUT2D eigenvalue weighted by atomic mass is 35.5. The van der Waals surface area contributed by atoms with Gasteiger partial charge >= 0.3 is 0 Å². The van der Waals surface area contributed by atoms with Crippen molar-refractivity contribution in [2.45, 2.75) is 37.6 Å². The van der Waals surface area contributed by atoms with Crippen molar-refractivity contribution in [1.29, 1.82) is 0 Å². The van der Waals surface area contributed by atoms with Crippen molar-refractivity contribution in [3.8, 4) is 0 Å². The molecule has 3 nitrogen and oxygen atoms in total. The van der Waals surface area contributed by atoms with E-state index in [1.54, 1.807) is 12.1 Å². The number of hydrogen-bond donors (Lipinski definition) is 2. The first kappa shape index (κ1) is 14.6. The first-order valence-electron chi connectivity index (χ1n) is 6.52. The summed E-state index contributed by atoms with van der Waals surface area (Å²) in [6.07, 6.45) is 4.30. The Morgan fingerprint density at radius 2 is 2.00 bits per heavy atom. The summed E-state index contributed by atoms with van der Waals surface area (Å²) < 4.78 is 0. The Balaban J connectivity index is 1.85. The molecule has 0 aliphatic heterocycles. The molecule has 1 fully saturated rings. The van der Waals surface area contributed by atoms with Crippen molar-refractivity contribution >= 4 is 29.1 Å². The van der Waals surface area contributed by atoms with E-state index in [9.17, 15) is 4.79 Å². The lowest BCUT2D eigenvalue weighted by molar-refractivity contribution is -0.126. The van der Waals surface area contributed by atoms with Gasteiger partial charge in [-0.2, -0.15) is 0 Å². The summed E-state index contributed by atoms with van der Waals surface area (Å²) >= 11 is 11.9. The van der Waals surface area contributed by atoms with Gasteiger partial charge in [-0.25, -0.2) is 0 Å². The Hall–Kier alpha value is -0.770. The monoisotopic (exact) mass is 300 g/mol. The van der Waals surface area contributed by atoms with Gasteiger partial charge in [-0.05, 0) is 37.0 Å². The molecule has 1 amide bonds. The zero-order valence-corrected chi connectivity index (χ0v) is 12.2. The van der Waals surface area contributed by atoms with Crippen molar-refractivity contribution in [1.82, 2.24) is 5.32 Å². The second kappa shape index (κ2) is 6.12. The van der Waals surface area contributed by atoms with Crippen molar-refractivity contribution in [3.05, 3.63) is 33.8 Å². The van der Waals surface area contributed by atoms with Crippen LogP contribution in [0.15, 0.2) is 18.2 Å². The average molecular weight is 301 g/mol. The maximum Gasteiger partial charge on any atom is 0.240 e. The van der Waals surface area contributed by atoms with E-state index in [2.05, 4.69) is 5.32 Å². The molecular formula is C14H18Cl2N2O. The van der Waals surface area contributed by atoms with Gasteiger partial charge in [0.25, 0.3) is 0 Å². The molecule has 0 bridgehead atoms. The fraction of sp³-hybridized carbons (Fsp3) is 0.500. The number of rotatable bonds is 4. The molecule has 0 unspecified atom stereocenters. The molecule has 1 saturated carbocycles. The zero-order chi connectivity index (χ0) is 13.9. The first-order chi connectivity index (χ1) is 9.01. The highest BCUT2D eigenvalue weighted by molar-refractivity contribution is 6.35. The third kappa shape index (κ3) is 3.62. The number of benzene rings is 1. The van der Waals surface area contributed by atoms with E-state index in [1.807, 2.05) is 6.07 Å². The largest absolute Gasteiger partial charge is 0.354 e. The van der Waals surface area contributed by atoms with Crippen LogP contribution in [-0.2, 0) is 11.2 Å². The molecule has 0 aromatic heterocycles. The van der Waals surface area contributed by atoms with Gasteiger partial charge in [0.2, 0.25) is 5.91 Å². The van der Waals surface area contributed by atoms with Crippen LogP contribution < -0.4 is 11.1 Å². The highest BCUT2D eigenvalue weighted by Gasteiger charge is 2.36. The van der Waals surface area contributed by atoms with E-state index < -0.39 is 5.54 Å². The average Bonchev–Trinajstić information content (AvgIpc) is 2.80. The van der Waals surface area contributed by atoms with Crippen LogP contribution in [0.2, 0.25) is 10.0 Å². The van der Waals surface area contributed by atoms with Crippen LogP contribution in [0, 0.1) is 0 Å². The molecule has 0 spiro atoms. The van der Waals surface area contributed by atoms with E-state index in [4.69, 9.17) is 28.9 Å². The summed E-state index contributed by atoms with van der Waals surface area (Å²) in [4.78, 5) is 12.0. The fourth-order valence-corrected chi connectivity index (χ4v) is 2.95. The molecule has 1 aliphatic carbocycles. The predicted octanol–water partition coefficient (Wildman–Crippen LogP) is 2.92. The second-order valence-corrected chi connectivity index (χ2v) is 5.95. The van der Waals surface area contributed by atoms with Gasteiger partial charge < -0.3 is 11.1 Å². The third-order valence-corrected chi connectivity index (χ3v) is 4.23. The van der Waals surface area contributed by atoms with Crippen LogP contribution in [0.1, 0.15) is 31.2 Å². The van der Waals surface area contributed by atoms with Gasteiger partial charge in [-0.15, -0.1) is 0 Å². The van der Waals surface area contributed by atoms with Crippen LogP contribution in [0.4, 0.5) is 0 Å². The van der Waals surface area contributed by atoms with Gasteiger partial charge in [0, 0.05) is 16.6 Å². The first-order valence-corrected chi connectivity index (χ1v) is 7.28. The predicted molar refractivity (Wildman–Crippen MR) is 78.6 cm³/mol. The molecule has 3 N–H and O–H groups in total. The summed E-state index contributed by atoms with van der Waals surface area (Å²) in [5, 5.41) is 4.14. The molecule has 1 aromatic carbocycles. The molecule has 104 valence electrons. The molecule has 0 heterocycles. The summed E-state index contributed by atoms with van der Waals surface area (Å²) in [6, 6.07) is 5.39. The van der Waals surface area contributed by atoms with Crippen molar-refractivity contribution < 1.29 is 4.79 Å². The Bertz CT molecular complexity index is 471. The molecular weight excluding hydrogens is 283 g/mol. The molecule has 0 atom stereocenters. The van der Waals surface area contributed by atoms with Crippen LogP contribution in [0.25, 0.3) is 0 Å². The van der Waals surface area contributed by atoms with E-state index in [-0.39, 0.29) is 5.91 Å². The summed E-state index contributed by atoms with van der Waals surface area (Å²) in [7, 11) is 0. The Kier molecular flexibility index (Phi) is 4.71. The standard InChI is InChI=1S/C14H18Cl2N2O/c15-11-4-3-10(12(16)9-11)5-8-18-13(19)14(17)6-1-2-7-14/h3-4,9H,1-2,5-8,17H2,(H,18,19). The summed E-state index contributed by atoms with van der Waals surface area (Å²) in [6.45, 7) is 0.541. The van der Waals surface area contributed by atoms with Crippen molar-refractivity contribution in [3.63, 3.8) is 0 Å². The maximum absolute atomic E-state index is 12.0. The Morgan fingerprint density at radius 3 is 2.63 bits per heavy atom. The summed E-state index contributed by atoms with van der Waals surface area (Å²) in [5.74, 6) is -0.0462. The third-order valence-electron chi connectivity index (χ3n) is 3.64. The van der Waals surface area contributed by atoms with Gasteiger partial charge in [0.15, 0.2) is 0 Å². The Labute approximate surface area is 123 Å². The highest BCUT2D eigenvalue weighted by Crippen LogP contribution is 2.27. The van der Waals surface area contributed by atoms with Crippen LogP contribution in [-0.4, -0.2) is 18.0 Å². The van der Waals surface area contributed by atoms with E-state index in [0.717, 1.165) is 31.2 Å². The molecule has 1 aliphatic rings.